The van der Waals surface area contributed by atoms with E-state index in [1.807, 2.05) is 24.3 Å². The zero-order valence-corrected chi connectivity index (χ0v) is 27.4. The molecule has 8 nitrogen and oxygen atoms in total. The van der Waals surface area contributed by atoms with Crippen molar-refractivity contribution in [1.29, 1.82) is 10.5 Å². The second-order valence-electron chi connectivity index (χ2n) is 12.7. The number of carboxylic acids is 1. The van der Waals surface area contributed by atoms with Gasteiger partial charge in [-0.2, -0.15) is 10.5 Å². The minimum atomic E-state index is -3.00. The van der Waals surface area contributed by atoms with E-state index >= 15 is 13.2 Å². The lowest BCUT2D eigenvalue weighted by molar-refractivity contribution is -0.504. The molecule has 0 atom stereocenters. The van der Waals surface area contributed by atoms with Crippen molar-refractivity contribution < 1.29 is 37.1 Å². The molecule has 0 saturated carbocycles. The number of carboxylic acid groups (broad SMARTS) is 1. The fourth-order valence-corrected chi connectivity index (χ4v) is 10.3. The molecule has 0 unspecified atom stereocenters. The molecule has 0 radical (unpaired) electrons. The van der Waals surface area contributed by atoms with Crippen LogP contribution in [0.15, 0.2) is 47.2 Å². The minimum absolute atomic E-state index is 0.0103. The summed E-state index contributed by atoms with van der Waals surface area (Å²) in [6, 6.07) is 8.58. The predicted molar refractivity (Wildman–Crippen MR) is 169 cm³/mol. The Labute approximate surface area is 272 Å². The Morgan fingerprint density at radius 2 is 1.72 bits per heavy atom. The van der Waals surface area contributed by atoms with Crippen LogP contribution in [0.1, 0.15) is 52.7 Å². The lowest BCUT2D eigenvalue weighted by Crippen LogP contribution is -2.50. The Balaban J connectivity index is 1.74. The van der Waals surface area contributed by atoms with Gasteiger partial charge >= 0.3 is 0 Å². The molecule has 3 heterocycles. The molecule has 2 aromatic carbocycles. The van der Waals surface area contributed by atoms with Crippen molar-refractivity contribution in [2.75, 3.05) is 45.0 Å². The van der Waals surface area contributed by atoms with Gasteiger partial charge in [-0.1, -0.05) is 19.2 Å². The number of methoxy groups -OCH3 is 1. The topological polar surface area (TPSA) is 112 Å². The van der Waals surface area contributed by atoms with E-state index in [4.69, 9.17) is 9.47 Å². The molecule has 0 amide bonds. The first-order chi connectivity index (χ1) is 22.5. The van der Waals surface area contributed by atoms with Crippen LogP contribution in [0.2, 0.25) is 13.1 Å². The third kappa shape index (κ3) is 5.12. The molecule has 3 aliphatic heterocycles. The normalized spacial score (nSPS) is 18.6. The Hall–Kier alpha value is -4.49. The summed E-state index contributed by atoms with van der Waals surface area (Å²) in [4.78, 5) is 14.8. The summed E-state index contributed by atoms with van der Waals surface area (Å²) in [6.07, 6.45) is 9.85. The van der Waals surface area contributed by atoms with E-state index in [1.54, 1.807) is 12.1 Å². The fourth-order valence-electron chi connectivity index (χ4n) is 7.25. The Morgan fingerprint density at radius 3 is 2.34 bits per heavy atom. The zero-order valence-electron chi connectivity index (χ0n) is 26.4. The van der Waals surface area contributed by atoms with E-state index in [2.05, 4.69) is 22.6 Å². The van der Waals surface area contributed by atoms with Crippen molar-refractivity contribution in [3.8, 4) is 12.1 Å². The summed E-state index contributed by atoms with van der Waals surface area (Å²) < 4.78 is 61.1. The molecular formula is C35H33F3N4O4Si. The number of allylic oxidation sites excluding steroid dienone is 5. The minimum Gasteiger partial charge on any atom is -0.545 e. The van der Waals surface area contributed by atoms with E-state index in [0.717, 1.165) is 73.6 Å². The number of ether oxygens (including phenoxy) is 2. The summed E-state index contributed by atoms with van der Waals surface area (Å²) in [7, 11) is -1.44. The number of rotatable bonds is 7. The van der Waals surface area contributed by atoms with Gasteiger partial charge in [-0.15, -0.1) is 0 Å². The van der Waals surface area contributed by atoms with Gasteiger partial charge in [0.25, 0.3) is 5.60 Å². The summed E-state index contributed by atoms with van der Waals surface area (Å²) in [5.41, 5.74) is -3.67. The first-order valence-electron chi connectivity index (χ1n) is 15.6. The van der Waals surface area contributed by atoms with Crippen LogP contribution in [-0.4, -0.2) is 64.4 Å². The molecule has 12 heteroatoms. The van der Waals surface area contributed by atoms with Crippen molar-refractivity contribution in [2.24, 2.45) is 0 Å². The number of hydrogen-bond donors (Lipinski definition) is 0. The highest BCUT2D eigenvalue weighted by molar-refractivity contribution is 6.98. The zero-order chi connectivity index (χ0) is 33.7. The molecule has 0 bridgehead atoms. The molecule has 0 spiro atoms. The maximum absolute atomic E-state index is 17.1. The van der Waals surface area contributed by atoms with Crippen LogP contribution in [0.3, 0.4) is 0 Å². The van der Waals surface area contributed by atoms with Crippen LogP contribution >= 0.6 is 0 Å². The highest BCUT2D eigenvalue weighted by Crippen LogP contribution is 2.46. The van der Waals surface area contributed by atoms with Gasteiger partial charge in [0.15, 0.2) is 17.3 Å². The van der Waals surface area contributed by atoms with E-state index in [1.165, 1.54) is 19.2 Å². The number of anilines is 1. The quantitative estimate of drug-likeness (QED) is 0.192. The van der Waals surface area contributed by atoms with Gasteiger partial charge in [0.05, 0.1) is 11.5 Å². The standard InChI is InChI=1S/C35H33F3N4O4Si/c1-45-20-46-35(18-39,19-40)30-31(36)28(29(34(43)44)32(37)33(30)38)27-23-10-8-21(41-12-4-5-13-41)16-25(23)47(2,3)26-17-22(9-11-24(26)27)42-14-6-7-15-42/h8-11,16-17H,4-7,12-15,20H2,1-3H3. The SMILES string of the molecule is COCOC(C#N)(C#N)c1c(F)c(F)c(C(=O)[O-])c(C2=C3C=CC(=[N+]4CCCC4)C=C3[Si](C)(C)c3cc(N4CCCC4)ccc32)c1F. The number of aromatic carboxylic acids is 1. The molecule has 1 aliphatic carbocycles. The van der Waals surface area contributed by atoms with Crippen LogP contribution in [-0.2, 0) is 15.1 Å². The van der Waals surface area contributed by atoms with Gasteiger partial charge in [0.1, 0.15) is 45.9 Å². The van der Waals surface area contributed by atoms with Gasteiger partial charge in [-0.05, 0) is 58.1 Å². The number of nitrogens with zero attached hydrogens (tertiary/aromatic N) is 4. The van der Waals surface area contributed by atoms with Gasteiger partial charge in [0, 0.05) is 62.0 Å². The first kappa shape index (κ1) is 32.4. The molecule has 2 aromatic rings. The maximum Gasteiger partial charge on any atom is 0.275 e. The van der Waals surface area contributed by atoms with Crippen LogP contribution in [0.4, 0.5) is 18.9 Å². The van der Waals surface area contributed by atoms with Crippen LogP contribution in [0.5, 0.6) is 0 Å². The lowest BCUT2D eigenvalue weighted by atomic mass is 9.83. The molecule has 6 rings (SSSR count). The molecule has 242 valence electrons. The fraction of sp³-hybridized carbons (Fsp3) is 0.371. The number of carbonyl (C=O) groups excluding carboxylic acids is 1. The van der Waals surface area contributed by atoms with Crippen molar-refractivity contribution in [2.45, 2.75) is 44.4 Å². The largest absolute Gasteiger partial charge is 0.545 e. The van der Waals surface area contributed by atoms with Crippen molar-refractivity contribution in [3.63, 3.8) is 0 Å². The van der Waals surface area contributed by atoms with Gasteiger partial charge in [0.2, 0.25) is 0 Å². The lowest BCUT2D eigenvalue weighted by Gasteiger charge is -2.39. The second kappa shape index (κ2) is 12.3. The average Bonchev–Trinajstić information content (AvgIpc) is 3.81. The second-order valence-corrected chi connectivity index (χ2v) is 17.0. The first-order valence-corrected chi connectivity index (χ1v) is 18.6. The number of carbonyl (C=O) groups is 1. The van der Waals surface area contributed by atoms with Crippen LogP contribution in [0.25, 0.3) is 5.57 Å². The number of fused-ring (bicyclic) bond motifs is 2. The van der Waals surface area contributed by atoms with Gasteiger partial charge in [-0.3, -0.25) is 0 Å². The molecule has 2 fully saturated rings. The number of benzene rings is 2. The van der Waals surface area contributed by atoms with E-state index < -0.39 is 60.6 Å². The van der Waals surface area contributed by atoms with Crippen LogP contribution in [0, 0.1) is 40.1 Å². The number of nitriles is 2. The Kier molecular flexibility index (Phi) is 8.47. The predicted octanol–water partition coefficient (Wildman–Crippen LogP) is 3.94. The Morgan fingerprint density at radius 1 is 1.04 bits per heavy atom. The van der Waals surface area contributed by atoms with Crippen LogP contribution < -0.4 is 15.2 Å². The van der Waals surface area contributed by atoms with E-state index in [0.29, 0.717) is 11.1 Å². The third-order valence-corrected chi connectivity index (χ3v) is 13.2. The molecule has 47 heavy (non-hydrogen) atoms. The Bertz CT molecular complexity index is 1890. The van der Waals surface area contributed by atoms with E-state index in [-0.39, 0.29) is 5.57 Å². The van der Waals surface area contributed by atoms with Gasteiger partial charge < -0.3 is 24.3 Å². The summed E-state index contributed by atoms with van der Waals surface area (Å²) in [6.45, 7) is 7.06. The molecule has 0 N–H and O–H groups in total. The van der Waals surface area contributed by atoms with Gasteiger partial charge in [-0.25, -0.2) is 17.7 Å². The highest BCUT2D eigenvalue weighted by Gasteiger charge is 2.47. The highest BCUT2D eigenvalue weighted by atomic mass is 28.3. The van der Waals surface area contributed by atoms with Crippen molar-refractivity contribution >= 4 is 36.2 Å². The number of hydrogen-bond acceptors (Lipinski definition) is 7. The molecule has 4 aliphatic rings. The molecule has 2 saturated heterocycles. The maximum atomic E-state index is 17.1. The van der Waals surface area contributed by atoms with E-state index in [9.17, 15) is 20.4 Å². The molecule has 0 aromatic heterocycles. The third-order valence-electron chi connectivity index (χ3n) is 9.67. The summed E-state index contributed by atoms with van der Waals surface area (Å²) >= 11 is 0. The molecular weight excluding hydrogens is 625 g/mol. The number of halogens is 3. The summed E-state index contributed by atoms with van der Waals surface area (Å²) in [5, 5.41) is 34.3. The van der Waals surface area contributed by atoms with Crippen molar-refractivity contribution in [1.82, 2.24) is 0 Å². The average molecular weight is 659 g/mol. The monoisotopic (exact) mass is 658 g/mol. The smallest absolute Gasteiger partial charge is 0.275 e. The summed E-state index contributed by atoms with van der Waals surface area (Å²) in [5.74, 6) is -7.76. The van der Waals surface area contributed by atoms with Crippen molar-refractivity contribution in [3.05, 3.63) is 86.9 Å².